The van der Waals surface area contributed by atoms with Crippen molar-refractivity contribution >= 4 is 35.3 Å². The second kappa shape index (κ2) is 8.59. The van der Waals surface area contributed by atoms with Crippen LogP contribution in [-0.4, -0.2) is 80.1 Å². The van der Waals surface area contributed by atoms with Crippen LogP contribution in [0.5, 0.6) is 0 Å². The molecule has 1 aromatic rings. The molecule has 3 amide bonds. The lowest BCUT2D eigenvalue weighted by Gasteiger charge is -2.43. The van der Waals surface area contributed by atoms with Gasteiger partial charge in [0.2, 0.25) is 0 Å². The molecule has 2 N–H and O–H groups in total. The third kappa shape index (κ3) is 4.21. The fourth-order valence-corrected chi connectivity index (χ4v) is 5.39. The van der Waals surface area contributed by atoms with Gasteiger partial charge in [-0.25, -0.2) is 9.59 Å². The largest absolute Gasteiger partial charge is 0.447 e. The summed E-state index contributed by atoms with van der Waals surface area (Å²) in [6.45, 7) is 4.95. The molecular formula is C19H26N4O4S. The van der Waals surface area contributed by atoms with Crippen molar-refractivity contribution in [2.24, 2.45) is 0 Å². The van der Waals surface area contributed by atoms with Crippen LogP contribution in [0.25, 0.3) is 0 Å². The number of hydrogen-bond acceptors (Lipinski definition) is 6. The van der Waals surface area contributed by atoms with Crippen molar-refractivity contribution in [1.82, 2.24) is 10.2 Å². The summed E-state index contributed by atoms with van der Waals surface area (Å²) in [5.74, 6) is 2.16. The quantitative estimate of drug-likeness (QED) is 0.778. The first kappa shape index (κ1) is 19.4. The maximum absolute atomic E-state index is 12.4. The van der Waals surface area contributed by atoms with Gasteiger partial charge < -0.3 is 20.1 Å². The van der Waals surface area contributed by atoms with Gasteiger partial charge >= 0.3 is 12.1 Å². The zero-order valence-electron chi connectivity index (χ0n) is 15.8. The van der Waals surface area contributed by atoms with Gasteiger partial charge in [0.25, 0.3) is 0 Å². The molecule has 9 heteroatoms. The number of carbonyl (C=O) groups excluding carboxylic acids is 2. The number of carbonyl (C=O) groups is 2. The normalized spacial score (nSPS) is 25.6. The van der Waals surface area contributed by atoms with Crippen LogP contribution in [0.1, 0.15) is 6.42 Å². The highest BCUT2D eigenvalue weighted by molar-refractivity contribution is 7.99. The Hall–Kier alpha value is -1.97. The fourth-order valence-electron chi connectivity index (χ4n) is 3.91. The highest BCUT2D eigenvalue weighted by Gasteiger charge is 2.40. The monoisotopic (exact) mass is 406 g/mol. The Labute approximate surface area is 168 Å². The molecule has 8 nitrogen and oxygen atoms in total. The third-order valence-corrected chi connectivity index (χ3v) is 6.77. The molecule has 3 heterocycles. The topological polar surface area (TPSA) is 83.1 Å². The molecule has 3 aliphatic heterocycles. The number of nitrogens with one attached hydrogen (secondary N) is 2. The summed E-state index contributed by atoms with van der Waals surface area (Å²) in [5, 5.41) is 5.94. The Balaban J connectivity index is 1.31. The lowest BCUT2D eigenvalue weighted by atomic mass is 9.95. The molecule has 28 heavy (non-hydrogen) atoms. The summed E-state index contributed by atoms with van der Waals surface area (Å²) in [4.78, 5) is 28.1. The van der Waals surface area contributed by atoms with E-state index >= 15 is 0 Å². The smallest absolute Gasteiger partial charge is 0.414 e. The first-order valence-electron chi connectivity index (χ1n) is 9.66. The van der Waals surface area contributed by atoms with E-state index in [-0.39, 0.29) is 17.7 Å². The van der Waals surface area contributed by atoms with Crippen molar-refractivity contribution < 1.29 is 19.1 Å². The molecule has 3 fully saturated rings. The lowest BCUT2D eigenvalue weighted by Crippen LogP contribution is -2.59. The molecule has 1 atom stereocenters. The van der Waals surface area contributed by atoms with Crippen molar-refractivity contribution in [3.8, 4) is 0 Å². The zero-order valence-corrected chi connectivity index (χ0v) is 16.6. The van der Waals surface area contributed by atoms with Crippen LogP contribution in [0.2, 0.25) is 0 Å². The van der Waals surface area contributed by atoms with Gasteiger partial charge in [0, 0.05) is 42.3 Å². The van der Waals surface area contributed by atoms with E-state index < -0.39 is 0 Å². The molecule has 0 bridgehead atoms. The molecule has 152 valence electrons. The van der Waals surface area contributed by atoms with Crippen LogP contribution in [-0.2, 0) is 9.47 Å². The number of urea groups is 1. The molecule has 1 aromatic carbocycles. The van der Waals surface area contributed by atoms with E-state index in [1.54, 1.807) is 17.0 Å². The molecule has 3 aliphatic rings. The molecular weight excluding hydrogens is 380 g/mol. The molecule has 0 radical (unpaired) electrons. The Morgan fingerprint density at radius 3 is 2.57 bits per heavy atom. The Morgan fingerprint density at radius 2 is 1.93 bits per heavy atom. The van der Waals surface area contributed by atoms with Gasteiger partial charge in [-0.1, -0.05) is 0 Å². The summed E-state index contributed by atoms with van der Waals surface area (Å²) in [7, 11) is 0. The Bertz CT molecular complexity index is 702. The van der Waals surface area contributed by atoms with E-state index in [0.29, 0.717) is 25.4 Å². The van der Waals surface area contributed by atoms with Gasteiger partial charge in [0.05, 0.1) is 19.8 Å². The standard InChI is InChI=1S/C19H26N4O4S/c24-17(20-13-19(5-12-28-14-19)22-6-9-26-10-7-22)21-15-1-3-16(4-2-15)23-8-11-27-18(23)25/h1-4H,5-14H2,(H2,20,21,24). The van der Waals surface area contributed by atoms with Crippen LogP contribution in [0.3, 0.4) is 0 Å². The molecule has 3 saturated heterocycles. The van der Waals surface area contributed by atoms with Crippen molar-refractivity contribution in [2.45, 2.75) is 12.0 Å². The molecule has 0 aliphatic carbocycles. The third-order valence-electron chi connectivity index (χ3n) is 5.54. The lowest BCUT2D eigenvalue weighted by molar-refractivity contribution is -0.0123. The first-order valence-corrected chi connectivity index (χ1v) is 10.8. The SMILES string of the molecule is O=C(NCC1(N2CCOCC2)CCSC1)Nc1ccc(N2CCOC2=O)cc1. The maximum Gasteiger partial charge on any atom is 0.414 e. The van der Waals surface area contributed by atoms with E-state index in [2.05, 4.69) is 15.5 Å². The number of thioether (sulfide) groups is 1. The maximum atomic E-state index is 12.4. The number of benzene rings is 1. The molecule has 0 aromatic heterocycles. The summed E-state index contributed by atoms with van der Waals surface area (Å²) >= 11 is 1.95. The van der Waals surface area contributed by atoms with Gasteiger partial charge in [-0.05, 0) is 36.4 Å². The summed E-state index contributed by atoms with van der Waals surface area (Å²) < 4.78 is 10.4. The van der Waals surface area contributed by atoms with Gasteiger partial charge in [0.15, 0.2) is 0 Å². The second-order valence-corrected chi connectivity index (χ2v) is 8.35. The average Bonchev–Trinajstić information content (AvgIpc) is 3.38. The van der Waals surface area contributed by atoms with E-state index in [1.807, 2.05) is 23.9 Å². The zero-order chi connectivity index (χ0) is 19.4. The number of rotatable bonds is 5. The summed E-state index contributed by atoms with van der Waals surface area (Å²) in [5.41, 5.74) is 1.48. The van der Waals surface area contributed by atoms with Crippen molar-refractivity contribution in [3.63, 3.8) is 0 Å². The first-order chi connectivity index (χ1) is 13.7. The highest BCUT2D eigenvalue weighted by Crippen LogP contribution is 2.33. The van der Waals surface area contributed by atoms with Gasteiger partial charge in [-0.3, -0.25) is 9.80 Å². The molecule has 0 spiro atoms. The van der Waals surface area contributed by atoms with E-state index in [0.717, 1.165) is 49.9 Å². The highest BCUT2D eigenvalue weighted by atomic mass is 32.2. The van der Waals surface area contributed by atoms with E-state index in [4.69, 9.17) is 9.47 Å². The van der Waals surface area contributed by atoms with E-state index in [9.17, 15) is 9.59 Å². The van der Waals surface area contributed by atoms with Crippen LogP contribution < -0.4 is 15.5 Å². The van der Waals surface area contributed by atoms with Crippen molar-refractivity contribution in [3.05, 3.63) is 24.3 Å². The predicted molar refractivity (Wildman–Crippen MR) is 109 cm³/mol. The number of cyclic esters (lactones) is 1. The van der Waals surface area contributed by atoms with Crippen molar-refractivity contribution in [2.75, 3.05) is 67.7 Å². The Morgan fingerprint density at radius 1 is 1.14 bits per heavy atom. The van der Waals surface area contributed by atoms with Gasteiger partial charge in [0.1, 0.15) is 6.61 Å². The number of hydrogen-bond donors (Lipinski definition) is 2. The summed E-state index contributed by atoms with van der Waals surface area (Å²) in [6.07, 6.45) is 0.750. The number of amides is 3. The average molecular weight is 407 g/mol. The Kier molecular flexibility index (Phi) is 5.93. The van der Waals surface area contributed by atoms with Crippen LogP contribution in [0.15, 0.2) is 24.3 Å². The molecule has 4 rings (SSSR count). The predicted octanol–water partition coefficient (Wildman–Crippen LogP) is 1.97. The second-order valence-electron chi connectivity index (χ2n) is 7.25. The number of anilines is 2. The van der Waals surface area contributed by atoms with Gasteiger partial charge in [-0.2, -0.15) is 11.8 Å². The fraction of sp³-hybridized carbons (Fsp3) is 0.579. The number of ether oxygens (including phenoxy) is 2. The van der Waals surface area contributed by atoms with Crippen molar-refractivity contribution in [1.29, 1.82) is 0 Å². The number of morpholine rings is 1. The summed E-state index contributed by atoms with van der Waals surface area (Å²) in [6, 6.07) is 7.00. The minimum Gasteiger partial charge on any atom is -0.447 e. The number of nitrogens with zero attached hydrogens (tertiary/aromatic N) is 2. The van der Waals surface area contributed by atoms with Crippen LogP contribution in [0.4, 0.5) is 21.0 Å². The van der Waals surface area contributed by atoms with Crippen LogP contribution in [0, 0.1) is 0 Å². The minimum absolute atomic E-state index is 0.0196. The van der Waals surface area contributed by atoms with Gasteiger partial charge in [-0.15, -0.1) is 0 Å². The minimum atomic E-state index is -0.332. The van der Waals surface area contributed by atoms with E-state index in [1.165, 1.54) is 0 Å². The molecule has 0 saturated carbocycles. The van der Waals surface area contributed by atoms with Crippen LogP contribution >= 0.6 is 11.8 Å². The molecule has 1 unspecified atom stereocenters.